The summed E-state index contributed by atoms with van der Waals surface area (Å²) in [7, 11) is 2.01. The zero-order chi connectivity index (χ0) is 13.4. The van der Waals surface area contributed by atoms with Crippen LogP contribution < -0.4 is 10.2 Å². The van der Waals surface area contributed by atoms with E-state index in [2.05, 4.69) is 29.3 Å². The van der Waals surface area contributed by atoms with Crippen molar-refractivity contribution >= 4 is 11.6 Å². The van der Waals surface area contributed by atoms with Crippen molar-refractivity contribution in [3.8, 4) is 0 Å². The van der Waals surface area contributed by atoms with Gasteiger partial charge in [0.25, 0.3) is 5.91 Å². The van der Waals surface area contributed by atoms with Crippen LogP contribution in [0.1, 0.15) is 27.7 Å². The van der Waals surface area contributed by atoms with Crippen LogP contribution in [0.15, 0.2) is 48.5 Å². The van der Waals surface area contributed by atoms with Crippen LogP contribution >= 0.6 is 0 Å². The molecule has 1 aliphatic heterocycles. The van der Waals surface area contributed by atoms with E-state index in [0.717, 1.165) is 16.8 Å². The quantitative estimate of drug-likeness (QED) is 0.846. The minimum Gasteiger partial charge on any atom is -0.350 e. The van der Waals surface area contributed by atoms with E-state index in [4.69, 9.17) is 0 Å². The van der Waals surface area contributed by atoms with Crippen LogP contribution in [0.2, 0.25) is 0 Å². The van der Waals surface area contributed by atoms with Gasteiger partial charge >= 0.3 is 0 Å². The molecule has 0 spiro atoms. The number of carbonyl (C=O) groups is 1. The van der Waals surface area contributed by atoms with Crippen LogP contribution in [-0.4, -0.2) is 13.0 Å². The van der Waals surface area contributed by atoms with Crippen molar-refractivity contribution in [1.29, 1.82) is 0 Å². The minimum atomic E-state index is -0.108. The van der Waals surface area contributed by atoms with Gasteiger partial charge in [0.1, 0.15) is 6.17 Å². The van der Waals surface area contributed by atoms with E-state index in [-0.39, 0.29) is 12.1 Å². The highest BCUT2D eigenvalue weighted by Gasteiger charge is 2.29. The molecule has 1 heterocycles. The highest BCUT2D eigenvalue weighted by atomic mass is 16.2. The van der Waals surface area contributed by atoms with E-state index >= 15 is 0 Å². The molecule has 0 saturated heterocycles. The second kappa shape index (κ2) is 4.43. The molecular formula is C16H16N2O. The third-order valence-corrected chi connectivity index (χ3v) is 3.67. The number of benzene rings is 2. The lowest BCUT2D eigenvalue weighted by molar-refractivity contribution is 0.0928. The average Bonchev–Trinajstić information content (AvgIpc) is 2.44. The third-order valence-electron chi connectivity index (χ3n) is 3.67. The van der Waals surface area contributed by atoms with E-state index in [9.17, 15) is 4.79 Å². The van der Waals surface area contributed by atoms with E-state index in [1.807, 2.05) is 43.4 Å². The summed E-state index contributed by atoms with van der Waals surface area (Å²) in [6.07, 6.45) is -0.108. The number of hydrogen-bond acceptors (Lipinski definition) is 2. The average molecular weight is 252 g/mol. The maximum Gasteiger partial charge on any atom is 0.255 e. The maximum atomic E-state index is 12.2. The van der Waals surface area contributed by atoms with Gasteiger partial charge in [-0.25, -0.2) is 0 Å². The van der Waals surface area contributed by atoms with Crippen molar-refractivity contribution in [1.82, 2.24) is 5.32 Å². The topological polar surface area (TPSA) is 32.3 Å². The molecule has 1 aliphatic rings. The molecular weight excluding hydrogens is 236 g/mol. The molecule has 2 aromatic carbocycles. The van der Waals surface area contributed by atoms with Gasteiger partial charge in [-0.05, 0) is 30.2 Å². The summed E-state index contributed by atoms with van der Waals surface area (Å²) in [5, 5.41) is 3.07. The van der Waals surface area contributed by atoms with Gasteiger partial charge in [-0.2, -0.15) is 0 Å². The SMILES string of the molecule is Cc1ccccc1C1NC(=O)c2ccccc2N1C. The van der Waals surface area contributed by atoms with Gasteiger partial charge in [-0.15, -0.1) is 0 Å². The number of para-hydroxylation sites is 1. The van der Waals surface area contributed by atoms with Gasteiger partial charge in [-0.3, -0.25) is 4.79 Å². The van der Waals surface area contributed by atoms with Gasteiger partial charge in [-0.1, -0.05) is 36.4 Å². The molecule has 1 N–H and O–H groups in total. The Kier molecular flexibility index (Phi) is 2.75. The van der Waals surface area contributed by atoms with Crippen molar-refractivity contribution < 1.29 is 4.79 Å². The van der Waals surface area contributed by atoms with Crippen LogP contribution in [0.5, 0.6) is 0 Å². The molecule has 2 aromatic rings. The highest BCUT2D eigenvalue weighted by molar-refractivity contribution is 6.02. The van der Waals surface area contributed by atoms with Crippen molar-refractivity contribution in [2.24, 2.45) is 0 Å². The van der Waals surface area contributed by atoms with Crippen LogP contribution in [-0.2, 0) is 0 Å². The summed E-state index contributed by atoms with van der Waals surface area (Å²) in [6.45, 7) is 2.07. The van der Waals surface area contributed by atoms with Gasteiger partial charge in [0, 0.05) is 7.05 Å². The molecule has 1 unspecified atom stereocenters. The predicted octanol–water partition coefficient (Wildman–Crippen LogP) is 2.87. The van der Waals surface area contributed by atoms with Crippen LogP contribution in [0.25, 0.3) is 0 Å². The second-order valence-corrected chi connectivity index (χ2v) is 4.86. The number of rotatable bonds is 1. The summed E-state index contributed by atoms with van der Waals surface area (Å²) in [5.74, 6) is -0.0121. The summed E-state index contributed by atoms with van der Waals surface area (Å²) in [6, 6.07) is 15.8. The first kappa shape index (κ1) is 11.8. The Bertz CT molecular complexity index is 636. The van der Waals surface area contributed by atoms with Crippen molar-refractivity contribution in [2.75, 3.05) is 11.9 Å². The molecule has 3 nitrogen and oxygen atoms in total. The first-order valence-corrected chi connectivity index (χ1v) is 6.37. The van der Waals surface area contributed by atoms with E-state index in [1.165, 1.54) is 5.56 Å². The molecule has 0 fully saturated rings. The molecule has 0 saturated carbocycles. The summed E-state index contributed by atoms with van der Waals surface area (Å²) < 4.78 is 0. The molecule has 0 radical (unpaired) electrons. The zero-order valence-corrected chi connectivity index (χ0v) is 11.1. The molecule has 19 heavy (non-hydrogen) atoms. The standard InChI is InChI=1S/C16H16N2O/c1-11-7-3-4-8-12(11)15-17-16(19)13-9-5-6-10-14(13)18(15)2/h3-10,15H,1-2H3,(H,17,19). The number of anilines is 1. The normalized spacial score (nSPS) is 17.9. The van der Waals surface area contributed by atoms with Crippen molar-refractivity contribution in [3.05, 3.63) is 65.2 Å². The Hall–Kier alpha value is -2.29. The fraction of sp³-hybridized carbons (Fsp3) is 0.188. The lowest BCUT2D eigenvalue weighted by Crippen LogP contribution is -2.44. The highest BCUT2D eigenvalue weighted by Crippen LogP contribution is 2.32. The van der Waals surface area contributed by atoms with E-state index < -0.39 is 0 Å². The number of carbonyl (C=O) groups excluding carboxylic acids is 1. The number of hydrogen-bond donors (Lipinski definition) is 1. The minimum absolute atomic E-state index is 0.0121. The van der Waals surface area contributed by atoms with Crippen molar-refractivity contribution in [2.45, 2.75) is 13.1 Å². The monoisotopic (exact) mass is 252 g/mol. The Morgan fingerprint density at radius 1 is 1.05 bits per heavy atom. The van der Waals surface area contributed by atoms with Crippen molar-refractivity contribution in [3.63, 3.8) is 0 Å². The Balaban J connectivity index is 2.08. The smallest absolute Gasteiger partial charge is 0.255 e. The number of amides is 1. The number of aryl methyl sites for hydroxylation is 1. The Labute approximate surface area is 112 Å². The molecule has 0 aliphatic carbocycles. The van der Waals surface area contributed by atoms with E-state index in [1.54, 1.807) is 0 Å². The second-order valence-electron chi connectivity index (χ2n) is 4.86. The Morgan fingerprint density at radius 3 is 2.53 bits per heavy atom. The lowest BCUT2D eigenvalue weighted by atomic mass is 10.0. The molecule has 1 atom stereocenters. The number of fused-ring (bicyclic) bond motifs is 1. The number of nitrogens with zero attached hydrogens (tertiary/aromatic N) is 1. The molecule has 96 valence electrons. The largest absolute Gasteiger partial charge is 0.350 e. The molecule has 0 bridgehead atoms. The fourth-order valence-corrected chi connectivity index (χ4v) is 2.59. The van der Waals surface area contributed by atoms with Crippen LogP contribution in [0.3, 0.4) is 0 Å². The first-order valence-electron chi connectivity index (χ1n) is 6.37. The summed E-state index contributed by atoms with van der Waals surface area (Å²) >= 11 is 0. The maximum absolute atomic E-state index is 12.2. The molecule has 3 rings (SSSR count). The first-order chi connectivity index (χ1) is 9.18. The Morgan fingerprint density at radius 2 is 1.74 bits per heavy atom. The van der Waals surface area contributed by atoms with Gasteiger partial charge in [0.15, 0.2) is 0 Å². The van der Waals surface area contributed by atoms with Gasteiger partial charge < -0.3 is 10.2 Å². The zero-order valence-electron chi connectivity index (χ0n) is 11.1. The summed E-state index contributed by atoms with van der Waals surface area (Å²) in [5.41, 5.74) is 4.02. The fourth-order valence-electron chi connectivity index (χ4n) is 2.59. The van der Waals surface area contributed by atoms with Crippen LogP contribution in [0.4, 0.5) is 5.69 Å². The molecule has 3 heteroatoms. The lowest BCUT2D eigenvalue weighted by Gasteiger charge is -2.37. The summed E-state index contributed by atoms with van der Waals surface area (Å²) in [4.78, 5) is 14.3. The predicted molar refractivity (Wildman–Crippen MR) is 76.2 cm³/mol. The van der Waals surface area contributed by atoms with Gasteiger partial charge in [0.2, 0.25) is 0 Å². The van der Waals surface area contributed by atoms with E-state index in [0.29, 0.717) is 0 Å². The molecule has 0 aromatic heterocycles. The number of nitrogens with one attached hydrogen (secondary N) is 1. The molecule has 1 amide bonds. The third kappa shape index (κ3) is 1.87. The van der Waals surface area contributed by atoms with Gasteiger partial charge in [0.05, 0.1) is 11.3 Å². The van der Waals surface area contributed by atoms with Crippen LogP contribution in [0, 0.1) is 6.92 Å².